The largest absolute Gasteiger partial charge is 0.478 e. The molecule has 4 heteroatoms. The third-order valence-electron chi connectivity index (χ3n) is 1.37. The molecule has 0 aliphatic carbocycles. The van der Waals surface area contributed by atoms with E-state index in [-0.39, 0.29) is 5.57 Å². The van der Waals surface area contributed by atoms with E-state index in [4.69, 9.17) is 10.4 Å². The summed E-state index contributed by atoms with van der Waals surface area (Å²) in [5, 5.41) is 16.7. The molecular weight excluding hydrogens is 156 g/mol. The molecule has 0 aromatic carbocycles. The first-order valence-electron chi connectivity index (χ1n) is 3.54. The molecule has 0 amide bonds. The monoisotopic (exact) mass is 168 g/mol. The molecule has 1 N–H and O–H groups in total. The second-order valence-corrected chi connectivity index (χ2v) is 2.55. The van der Waals surface area contributed by atoms with Gasteiger partial charge in [-0.1, -0.05) is 6.58 Å². The molecule has 0 fully saturated rings. The van der Waals surface area contributed by atoms with Crippen molar-refractivity contribution in [3.05, 3.63) is 12.2 Å². The van der Waals surface area contributed by atoms with Crippen LogP contribution >= 0.6 is 0 Å². The average molecular weight is 168 g/mol. The van der Waals surface area contributed by atoms with E-state index in [2.05, 4.69) is 6.58 Å². The lowest BCUT2D eigenvalue weighted by atomic mass is 10.3. The van der Waals surface area contributed by atoms with Gasteiger partial charge in [0.15, 0.2) is 0 Å². The standard InChI is InChI=1S/C8H12N2O2/c1-7(8(11)12)6-10(2)5-3-4-9/h1,3,5-6H2,2H3,(H,11,12). The number of hydrogen-bond acceptors (Lipinski definition) is 3. The van der Waals surface area contributed by atoms with Crippen LogP contribution in [-0.4, -0.2) is 36.1 Å². The molecule has 0 saturated carbocycles. The highest BCUT2D eigenvalue weighted by atomic mass is 16.4. The molecule has 0 atom stereocenters. The average Bonchev–Trinajstić information content (AvgIpc) is 2.00. The summed E-state index contributed by atoms with van der Waals surface area (Å²) in [4.78, 5) is 12.1. The van der Waals surface area contributed by atoms with Crippen molar-refractivity contribution in [3.63, 3.8) is 0 Å². The van der Waals surface area contributed by atoms with Gasteiger partial charge in [0, 0.05) is 25.1 Å². The smallest absolute Gasteiger partial charge is 0.332 e. The lowest BCUT2D eigenvalue weighted by Gasteiger charge is -2.13. The zero-order valence-corrected chi connectivity index (χ0v) is 7.08. The number of carboxylic acid groups (broad SMARTS) is 1. The second-order valence-electron chi connectivity index (χ2n) is 2.55. The van der Waals surface area contributed by atoms with Gasteiger partial charge in [-0.25, -0.2) is 4.79 Å². The van der Waals surface area contributed by atoms with E-state index < -0.39 is 5.97 Å². The molecule has 0 bridgehead atoms. The van der Waals surface area contributed by atoms with Crippen LogP contribution in [-0.2, 0) is 4.79 Å². The molecule has 12 heavy (non-hydrogen) atoms. The maximum atomic E-state index is 10.3. The van der Waals surface area contributed by atoms with E-state index in [0.717, 1.165) is 0 Å². The van der Waals surface area contributed by atoms with Crippen molar-refractivity contribution >= 4 is 5.97 Å². The van der Waals surface area contributed by atoms with E-state index in [1.54, 1.807) is 11.9 Å². The Kier molecular flexibility index (Phi) is 4.73. The van der Waals surface area contributed by atoms with Crippen molar-refractivity contribution in [1.29, 1.82) is 5.26 Å². The van der Waals surface area contributed by atoms with Gasteiger partial charge in [0.1, 0.15) is 0 Å². The first-order valence-corrected chi connectivity index (χ1v) is 3.54. The van der Waals surface area contributed by atoms with Crippen molar-refractivity contribution < 1.29 is 9.90 Å². The van der Waals surface area contributed by atoms with Gasteiger partial charge in [-0.15, -0.1) is 0 Å². The molecule has 0 aromatic heterocycles. The Bertz CT molecular complexity index is 218. The Morgan fingerprint density at radius 1 is 1.75 bits per heavy atom. The fourth-order valence-corrected chi connectivity index (χ4v) is 0.713. The number of aliphatic carboxylic acids is 1. The third kappa shape index (κ3) is 4.47. The predicted octanol–water partition coefficient (Wildman–Crippen LogP) is 0.473. The van der Waals surface area contributed by atoms with Gasteiger partial charge in [0.25, 0.3) is 0 Å². The van der Waals surface area contributed by atoms with Crippen molar-refractivity contribution in [3.8, 4) is 6.07 Å². The normalized spacial score (nSPS) is 9.42. The van der Waals surface area contributed by atoms with Crippen LogP contribution in [0.4, 0.5) is 0 Å². The van der Waals surface area contributed by atoms with Crippen LogP contribution in [0.3, 0.4) is 0 Å². The van der Waals surface area contributed by atoms with Crippen LogP contribution in [0.1, 0.15) is 6.42 Å². The SMILES string of the molecule is C=C(CN(C)CCC#N)C(=O)O. The third-order valence-corrected chi connectivity index (χ3v) is 1.37. The lowest BCUT2D eigenvalue weighted by Crippen LogP contribution is -2.24. The van der Waals surface area contributed by atoms with Crippen LogP contribution in [0, 0.1) is 11.3 Å². The zero-order valence-electron chi connectivity index (χ0n) is 7.08. The van der Waals surface area contributed by atoms with E-state index >= 15 is 0 Å². The highest BCUT2D eigenvalue weighted by Crippen LogP contribution is 1.94. The number of hydrogen-bond donors (Lipinski definition) is 1. The Labute approximate surface area is 71.7 Å². The Morgan fingerprint density at radius 3 is 2.75 bits per heavy atom. The predicted molar refractivity (Wildman–Crippen MR) is 44.5 cm³/mol. The number of likely N-dealkylation sites (N-methyl/N-ethyl adjacent to an activating group) is 1. The topological polar surface area (TPSA) is 64.3 Å². The Morgan fingerprint density at radius 2 is 2.33 bits per heavy atom. The van der Waals surface area contributed by atoms with Crippen LogP contribution in [0.5, 0.6) is 0 Å². The fourth-order valence-electron chi connectivity index (χ4n) is 0.713. The molecule has 0 spiro atoms. The Balaban J connectivity index is 3.70. The second kappa shape index (κ2) is 5.33. The molecule has 0 saturated heterocycles. The van der Waals surface area contributed by atoms with Crippen LogP contribution in [0.2, 0.25) is 0 Å². The molecule has 0 aliphatic rings. The number of nitriles is 1. The molecule has 4 nitrogen and oxygen atoms in total. The van der Waals surface area contributed by atoms with Gasteiger partial charge < -0.3 is 10.0 Å². The summed E-state index contributed by atoms with van der Waals surface area (Å²) in [7, 11) is 1.76. The van der Waals surface area contributed by atoms with Gasteiger partial charge in [-0.05, 0) is 7.05 Å². The minimum atomic E-state index is -0.987. The molecular formula is C8H12N2O2. The van der Waals surface area contributed by atoms with Gasteiger partial charge in [0.05, 0.1) is 6.07 Å². The van der Waals surface area contributed by atoms with Crippen LogP contribution in [0.15, 0.2) is 12.2 Å². The molecule has 0 radical (unpaired) electrons. The highest BCUT2D eigenvalue weighted by Gasteiger charge is 2.06. The number of carbonyl (C=O) groups is 1. The fraction of sp³-hybridized carbons (Fsp3) is 0.500. The van der Waals surface area contributed by atoms with E-state index in [0.29, 0.717) is 19.5 Å². The number of nitrogens with zero attached hydrogens (tertiary/aromatic N) is 2. The molecule has 0 unspecified atom stereocenters. The Hall–Kier alpha value is -1.34. The summed E-state index contributed by atoms with van der Waals surface area (Å²) in [6.07, 6.45) is 0.406. The maximum absolute atomic E-state index is 10.3. The van der Waals surface area contributed by atoms with Crippen molar-refractivity contribution in [2.45, 2.75) is 6.42 Å². The summed E-state index contributed by atoms with van der Waals surface area (Å²) in [5.41, 5.74) is 0.149. The molecule has 66 valence electrons. The quantitative estimate of drug-likeness (QED) is 0.606. The van der Waals surface area contributed by atoms with Crippen molar-refractivity contribution in [2.24, 2.45) is 0 Å². The van der Waals surface area contributed by atoms with Gasteiger partial charge in [-0.2, -0.15) is 5.26 Å². The van der Waals surface area contributed by atoms with Crippen molar-refractivity contribution in [2.75, 3.05) is 20.1 Å². The zero-order chi connectivity index (χ0) is 9.56. The number of rotatable bonds is 5. The highest BCUT2D eigenvalue weighted by molar-refractivity contribution is 5.86. The first kappa shape index (κ1) is 10.7. The molecule has 0 rings (SSSR count). The van der Waals surface area contributed by atoms with Crippen LogP contribution < -0.4 is 0 Å². The minimum Gasteiger partial charge on any atom is -0.478 e. The van der Waals surface area contributed by atoms with Gasteiger partial charge in [0.2, 0.25) is 0 Å². The summed E-state index contributed by atoms with van der Waals surface area (Å²) in [6, 6.07) is 1.98. The lowest BCUT2D eigenvalue weighted by molar-refractivity contribution is -0.132. The van der Waals surface area contributed by atoms with Crippen LogP contribution in [0.25, 0.3) is 0 Å². The molecule has 0 aliphatic heterocycles. The number of carboxylic acids is 1. The minimum absolute atomic E-state index is 0.149. The van der Waals surface area contributed by atoms with E-state index in [1.807, 2.05) is 6.07 Å². The first-order chi connectivity index (χ1) is 5.57. The maximum Gasteiger partial charge on any atom is 0.332 e. The summed E-state index contributed by atoms with van der Waals surface area (Å²) in [6.45, 7) is 4.25. The summed E-state index contributed by atoms with van der Waals surface area (Å²) in [5.74, 6) is -0.987. The van der Waals surface area contributed by atoms with Gasteiger partial charge in [-0.3, -0.25) is 0 Å². The van der Waals surface area contributed by atoms with E-state index in [1.165, 1.54) is 0 Å². The molecule has 0 aromatic rings. The summed E-state index contributed by atoms with van der Waals surface area (Å²) >= 11 is 0. The summed E-state index contributed by atoms with van der Waals surface area (Å²) < 4.78 is 0. The van der Waals surface area contributed by atoms with Gasteiger partial charge >= 0.3 is 5.97 Å². The van der Waals surface area contributed by atoms with E-state index in [9.17, 15) is 4.79 Å². The van der Waals surface area contributed by atoms with Crippen molar-refractivity contribution in [1.82, 2.24) is 4.90 Å². The molecule has 0 heterocycles.